The molecule has 1 saturated heterocycles. The minimum Gasteiger partial charge on any atom is -0.352 e. The van der Waals surface area contributed by atoms with E-state index in [-0.39, 0.29) is 17.6 Å². The number of carbonyl (C=O) groups is 2. The topological polar surface area (TPSA) is 49.4 Å². The van der Waals surface area contributed by atoms with E-state index in [9.17, 15) is 14.0 Å². The van der Waals surface area contributed by atoms with Crippen molar-refractivity contribution in [3.05, 3.63) is 71.0 Å². The molecule has 0 atom stereocenters. The first-order chi connectivity index (χ1) is 13.0. The van der Waals surface area contributed by atoms with Crippen molar-refractivity contribution in [1.29, 1.82) is 0 Å². The molecule has 2 aromatic carbocycles. The normalized spacial score (nSPS) is 14.8. The smallest absolute Gasteiger partial charge is 0.253 e. The van der Waals surface area contributed by atoms with E-state index in [0.717, 1.165) is 31.5 Å². The minimum atomic E-state index is -0.267. The number of halogens is 1. The third-order valence-corrected chi connectivity index (χ3v) is 5.08. The van der Waals surface area contributed by atoms with Gasteiger partial charge in [0.2, 0.25) is 0 Å². The zero-order valence-corrected chi connectivity index (χ0v) is 15.6. The minimum absolute atomic E-state index is 0.0326. The number of hydrogen-bond donors (Lipinski definition) is 1. The molecule has 1 fully saturated rings. The van der Waals surface area contributed by atoms with E-state index in [1.54, 1.807) is 36.4 Å². The fourth-order valence-electron chi connectivity index (χ4n) is 3.23. The van der Waals surface area contributed by atoms with Crippen molar-refractivity contribution in [1.82, 2.24) is 10.2 Å². The van der Waals surface area contributed by atoms with Gasteiger partial charge in [0.1, 0.15) is 5.82 Å². The van der Waals surface area contributed by atoms with E-state index in [0.29, 0.717) is 30.0 Å². The Kier molecular flexibility index (Phi) is 6.22. The molecular formula is C22H25FN2O2. The summed E-state index contributed by atoms with van der Waals surface area (Å²) >= 11 is 0. The van der Waals surface area contributed by atoms with Crippen molar-refractivity contribution in [3.8, 4) is 0 Å². The van der Waals surface area contributed by atoms with Gasteiger partial charge in [-0.2, -0.15) is 0 Å². The lowest BCUT2D eigenvalue weighted by Crippen LogP contribution is -2.37. The van der Waals surface area contributed by atoms with Crippen LogP contribution >= 0.6 is 0 Å². The van der Waals surface area contributed by atoms with Crippen LogP contribution in [0.25, 0.3) is 0 Å². The first-order valence-corrected chi connectivity index (χ1v) is 9.45. The van der Waals surface area contributed by atoms with Crippen LogP contribution < -0.4 is 5.32 Å². The molecular weight excluding hydrogens is 343 g/mol. The van der Waals surface area contributed by atoms with E-state index in [4.69, 9.17) is 0 Å². The Morgan fingerprint density at radius 3 is 2.22 bits per heavy atom. The van der Waals surface area contributed by atoms with Gasteiger partial charge in [-0.05, 0) is 67.1 Å². The monoisotopic (exact) mass is 368 g/mol. The number of nitrogens with zero attached hydrogens (tertiary/aromatic N) is 1. The van der Waals surface area contributed by atoms with Gasteiger partial charge in [0.15, 0.2) is 0 Å². The summed E-state index contributed by atoms with van der Waals surface area (Å²) in [5, 5.41) is 2.85. The van der Waals surface area contributed by atoms with Gasteiger partial charge in [0.05, 0.1) is 0 Å². The van der Waals surface area contributed by atoms with Crippen LogP contribution in [0.5, 0.6) is 0 Å². The van der Waals surface area contributed by atoms with Gasteiger partial charge < -0.3 is 10.2 Å². The zero-order chi connectivity index (χ0) is 19.2. The Balaban J connectivity index is 1.51. The highest BCUT2D eigenvalue weighted by Crippen LogP contribution is 2.18. The van der Waals surface area contributed by atoms with E-state index in [2.05, 4.69) is 12.2 Å². The van der Waals surface area contributed by atoms with Gasteiger partial charge in [0, 0.05) is 30.8 Å². The van der Waals surface area contributed by atoms with Crippen molar-refractivity contribution >= 4 is 11.8 Å². The van der Waals surface area contributed by atoms with E-state index in [1.165, 1.54) is 12.1 Å². The molecule has 0 unspecified atom stereocenters. The second-order valence-electron chi connectivity index (χ2n) is 7.18. The molecule has 0 spiro atoms. The average Bonchev–Trinajstić information content (AvgIpc) is 2.69. The maximum Gasteiger partial charge on any atom is 0.253 e. The first-order valence-electron chi connectivity index (χ1n) is 9.45. The Morgan fingerprint density at radius 1 is 1.00 bits per heavy atom. The molecule has 142 valence electrons. The average molecular weight is 368 g/mol. The molecule has 1 aliphatic heterocycles. The van der Waals surface area contributed by atoms with Crippen LogP contribution in [0.1, 0.15) is 46.0 Å². The summed E-state index contributed by atoms with van der Waals surface area (Å²) in [6, 6.07) is 13.1. The molecule has 2 amide bonds. The third kappa shape index (κ3) is 5.16. The predicted octanol–water partition coefficient (Wildman–Crippen LogP) is 3.67. The van der Waals surface area contributed by atoms with Crippen molar-refractivity contribution in [2.45, 2.75) is 26.2 Å². The molecule has 5 heteroatoms. The molecule has 4 nitrogen and oxygen atoms in total. The predicted molar refractivity (Wildman–Crippen MR) is 103 cm³/mol. The summed E-state index contributed by atoms with van der Waals surface area (Å²) in [6.45, 7) is 4.28. The van der Waals surface area contributed by atoms with Crippen LogP contribution in [-0.2, 0) is 6.42 Å². The fraction of sp³-hybridized carbons (Fsp3) is 0.364. The molecule has 2 aromatic rings. The summed E-state index contributed by atoms with van der Waals surface area (Å²) in [5.74, 6) is 0.264. The Morgan fingerprint density at radius 2 is 1.59 bits per heavy atom. The summed E-state index contributed by atoms with van der Waals surface area (Å²) in [5.41, 5.74) is 2.11. The Bertz CT molecular complexity index is 779. The van der Waals surface area contributed by atoms with Gasteiger partial charge in [-0.1, -0.05) is 19.1 Å². The molecule has 27 heavy (non-hydrogen) atoms. The van der Waals surface area contributed by atoms with Crippen LogP contribution in [0.15, 0.2) is 48.5 Å². The number of nitrogens with one attached hydrogen (secondary N) is 1. The van der Waals surface area contributed by atoms with Gasteiger partial charge in [0.25, 0.3) is 11.8 Å². The number of piperidine rings is 1. The van der Waals surface area contributed by atoms with Crippen LogP contribution in [0.3, 0.4) is 0 Å². The standard InChI is InChI=1S/C22H25FN2O2/c1-16-11-14-25(15-12-16)22(27)19-6-4-18(5-7-19)21(26)24-13-10-17-2-8-20(23)9-3-17/h2-9,16H,10-15H2,1H3,(H,24,26). The summed E-state index contributed by atoms with van der Waals surface area (Å²) in [6.07, 6.45) is 2.72. The van der Waals surface area contributed by atoms with Gasteiger partial charge in [-0.15, -0.1) is 0 Å². The SMILES string of the molecule is CC1CCN(C(=O)c2ccc(C(=O)NCCc3ccc(F)cc3)cc2)CC1. The Labute approximate surface area is 159 Å². The zero-order valence-electron chi connectivity index (χ0n) is 15.6. The summed E-state index contributed by atoms with van der Waals surface area (Å²) in [4.78, 5) is 26.7. The van der Waals surface area contributed by atoms with Gasteiger partial charge >= 0.3 is 0 Å². The number of carbonyl (C=O) groups excluding carboxylic acids is 2. The lowest BCUT2D eigenvalue weighted by molar-refractivity contribution is 0.0696. The maximum absolute atomic E-state index is 12.9. The molecule has 1 aliphatic rings. The fourth-order valence-corrected chi connectivity index (χ4v) is 3.23. The maximum atomic E-state index is 12.9. The highest BCUT2D eigenvalue weighted by atomic mass is 19.1. The quantitative estimate of drug-likeness (QED) is 0.875. The highest BCUT2D eigenvalue weighted by Gasteiger charge is 2.21. The lowest BCUT2D eigenvalue weighted by atomic mass is 9.98. The number of rotatable bonds is 5. The van der Waals surface area contributed by atoms with E-state index in [1.807, 2.05) is 4.90 Å². The summed E-state index contributed by atoms with van der Waals surface area (Å²) < 4.78 is 12.9. The Hall–Kier alpha value is -2.69. The van der Waals surface area contributed by atoms with E-state index < -0.39 is 0 Å². The number of amides is 2. The second kappa shape index (κ2) is 8.80. The largest absolute Gasteiger partial charge is 0.352 e. The summed E-state index contributed by atoms with van der Waals surface area (Å²) in [7, 11) is 0. The highest BCUT2D eigenvalue weighted by molar-refractivity contribution is 5.97. The first kappa shape index (κ1) is 19.1. The van der Waals surface area contributed by atoms with Crippen LogP contribution in [0.2, 0.25) is 0 Å². The lowest BCUT2D eigenvalue weighted by Gasteiger charge is -2.30. The number of likely N-dealkylation sites (tertiary alicyclic amines) is 1. The van der Waals surface area contributed by atoms with Crippen LogP contribution in [0, 0.1) is 11.7 Å². The molecule has 0 saturated carbocycles. The van der Waals surface area contributed by atoms with Gasteiger partial charge in [-0.3, -0.25) is 9.59 Å². The number of hydrogen-bond acceptors (Lipinski definition) is 2. The van der Waals surface area contributed by atoms with Crippen molar-refractivity contribution < 1.29 is 14.0 Å². The van der Waals surface area contributed by atoms with Crippen LogP contribution in [0.4, 0.5) is 4.39 Å². The molecule has 0 radical (unpaired) electrons. The van der Waals surface area contributed by atoms with Crippen molar-refractivity contribution in [2.24, 2.45) is 5.92 Å². The molecule has 0 aliphatic carbocycles. The van der Waals surface area contributed by atoms with Crippen molar-refractivity contribution in [2.75, 3.05) is 19.6 Å². The molecule has 1 N–H and O–H groups in total. The van der Waals surface area contributed by atoms with Crippen molar-refractivity contribution in [3.63, 3.8) is 0 Å². The van der Waals surface area contributed by atoms with Gasteiger partial charge in [-0.25, -0.2) is 4.39 Å². The van der Waals surface area contributed by atoms with E-state index >= 15 is 0 Å². The van der Waals surface area contributed by atoms with Crippen LogP contribution in [-0.4, -0.2) is 36.3 Å². The number of benzene rings is 2. The molecule has 1 heterocycles. The second-order valence-corrected chi connectivity index (χ2v) is 7.18. The molecule has 3 rings (SSSR count). The molecule has 0 aromatic heterocycles. The third-order valence-electron chi connectivity index (χ3n) is 5.08. The molecule has 0 bridgehead atoms.